The molecule has 2 nitrogen and oxygen atoms in total. The molecule has 1 aliphatic heterocycles. The topological polar surface area (TPSA) is 29.3 Å². The van der Waals surface area contributed by atoms with Gasteiger partial charge in [0.15, 0.2) is 0 Å². The van der Waals surface area contributed by atoms with Crippen molar-refractivity contribution in [2.75, 3.05) is 6.54 Å². The van der Waals surface area contributed by atoms with E-state index in [2.05, 4.69) is 42.2 Å². The van der Waals surface area contributed by atoms with Crippen LogP contribution in [0.15, 0.2) is 30.3 Å². The Balaban J connectivity index is 1.84. The molecule has 92 valence electrons. The zero-order chi connectivity index (χ0) is 11.8. The first-order chi connectivity index (χ1) is 8.31. The van der Waals surface area contributed by atoms with Crippen molar-refractivity contribution in [1.29, 1.82) is 0 Å². The van der Waals surface area contributed by atoms with Crippen molar-refractivity contribution in [1.82, 2.24) is 4.90 Å². The summed E-state index contributed by atoms with van der Waals surface area (Å²) in [5.74, 6) is 0.858. The Morgan fingerprint density at radius 2 is 2.06 bits per heavy atom. The molecule has 2 fully saturated rings. The molecular formula is C15H22N2. The molecular weight excluding hydrogens is 208 g/mol. The van der Waals surface area contributed by atoms with Crippen LogP contribution in [0.5, 0.6) is 0 Å². The van der Waals surface area contributed by atoms with Crippen LogP contribution < -0.4 is 5.73 Å². The summed E-state index contributed by atoms with van der Waals surface area (Å²) in [6.07, 6.45) is 4.14. The minimum atomic E-state index is 0.514. The second-order valence-corrected chi connectivity index (χ2v) is 5.56. The molecule has 17 heavy (non-hydrogen) atoms. The van der Waals surface area contributed by atoms with Crippen molar-refractivity contribution in [2.45, 2.75) is 44.3 Å². The molecule has 2 N–H and O–H groups in total. The molecule has 1 saturated carbocycles. The molecule has 4 atom stereocenters. The van der Waals surface area contributed by atoms with Crippen LogP contribution in [-0.2, 0) is 0 Å². The first kappa shape index (κ1) is 11.2. The smallest absolute Gasteiger partial charge is 0.0326 e. The molecule has 1 heterocycles. The number of nitrogens with two attached hydrogens (primary N) is 1. The average Bonchev–Trinajstić information content (AvgIpc) is 2.98. The molecule has 1 saturated heterocycles. The molecule has 0 aromatic heterocycles. The normalized spacial score (nSPS) is 34.1. The van der Waals surface area contributed by atoms with Crippen LogP contribution in [-0.4, -0.2) is 23.5 Å². The monoisotopic (exact) mass is 230 g/mol. The first-order valence-corrected chi connectivity index (χ1v) is 6.83. The predicted molar refractivity (Wildman–Crippen MR) is 70.7 cm³/mol. The van der Waals surface area contributed by atoms with Gasteiger partial charge in [0.2, 0.25) is 0 Å². The molecule has 0 radical (unpaired) electrons. The quantitative estimate of drug-likeness (QED) is 0.864. The van der Waals surface area contributed by atoms with Gasteiger partial charge in [0, 0.05) is 24.7 Å². The highest BCUT2D eigenvalue weighted by atomic mass is 15.3. The minimum Gasteiger partial charge on any atom is -0.329 e. The summed E-state index contributed by atoms with van der Waals surface area (Å²) in [6.45, 7) is 3.15. The van der Waals surface area contributed by atoms with Crippen LogP contribution in [0, 0.1) is 5.92 Å². The van der Waals surface area contributed by atoms with E-state index in [0.717, 1.165) is 18.5 Å². The fourth-order valence-corrected chi connectivity index (χ4v) is 3.95. The lowest BCUT2D eigenvalue weighted by Crippen LogP contribution is -2.46. The third kappa shape index (κ3) is 1.80. The minimum absolute atomic E-state index is 0.514. The third-order valence-corrected chi connectivity index (χ3v) is 4.76. The van der Waals surface area contributed by atoms with Gasteiger partial charge in [-0.05, 0) is 37.7 Å². The first-order valence-electron chi connectivity index (χ1n) is 6.83. The highest BCUT2D eigenvalue weighted by Crippen LogP contribution is 2.45. The number of hydrogen-bond acceptors (Lipinski definition) is 2. The zero-order valence-corrected chi connectivity index (χ0v) is 10.5. The van der Waals surface area contributed by atoms with E-state index in [9.17, 15) is 0 Å². The Morgan fingerprint density at radius 3 is 2.76 bits per heavy atom. The van der Waals surface area contributed by atoms with Crippen LogP contribution in [0.3, 0.4) is 0 Å². The van der Waals surface area contributed by atoms with Crippen LogP contribution in [0.1, 0.15) is 37.8 Å². The van der Waals surface area contributed by atoms with Gasteiger partial charge in [0.1, 0.15) is 0 Å². The van der Waals surface area contributed by atoms with Gasteiger partial charge in [-0.25, -0.2) is 0 Å². The van der Waals surface area contributed by atoms with Crippen molar-refractivity contribution in [2.24, 2.45) is 11.7 Å². The van der Waals surface area contributed by atoms with Crippen molar-refractivity contribution in [3.8, 4) is 0 Å². The maximum atomic E-state index is 5.98. The second kappa shape index (κ2) is 4.43. The number of fused-ring (bicyclic) bond motifs is 2. The van der Waals surface area contributed by atoms with Gasteiger partial charge in [-0.2, -0.15) is 0 Å². The molecule has 1 aromatic rings. The number of nitrogens with zero attached hydrogens (tertiary/aromatic N) is 1. The van der Waals surface area contributed by atoms with E-state index in [0.29, 0.717) is 12.1 Å². The van der Waals surface area contributed by atoms with Gasteiger partial charge in [-0.3, -0.25) is 4.90 Å². The number of piperidine rings is 1. The van der Waals surface area contributed by atoms with Crippen LogP contribution in [0.2, 0.25) is 0 Å². The average molecular weight is 230 g/mol. The molecule has 0 unspecified atom stereocenters. The number of likely N-dealkylation sites (tertiary alicyclic amines) is 1. The highest BCUT2D eigenvalue weighted by molar-refractivity contribution is 5.20. The molecule has 2 bridgehead atoms. The molecule has 1 aromatic carbocycles. The summed E-state index contributed by atoms with van der Waals surface area (Å²) in [6, 6.07) is 12.8. The number of hydrogen-bond donors (Lipinski definition) is 1. The fourth-order valence-electron chi connectivity index (χ4n) is 3.95. The Hall–Kier alpha value is -0.860. The molecule has 2 aliphatic rings. The Morgan fingerprint density at radius 1 is 1.29 bits per heavy atom. The van der Waals surface area contributed by atoms with E-state index in [1.54, 1.807) is 0 Å². The molecule has 3 rings (SSSR count). The highest BCUT2D eigenvalue weighted by Gasteiger charge is 2.46. The van der Waals surface area contributed by atoms with Gasteiger partial charge in [0.05, 0.1) is 0 Å². The zero-order valence-electron chi connectivity index (χ0n) is 10.5. The SMILES string of the molecule is C[C@@H](c1ccccc1)N1[C@H]2CC[C@H](C2)[C@H]1CN. The lowest BCUT2D eigenvalue weighted by Gasteiger charge is -2.39. The van der Waals surface area contributed by atoms with Crippen molar-refractivity contribution in [3.63, 3.8) is 0 Å². The van der Waals surface area contributed by atoms with E-state index in [1.807, 2.05) is 0 Å². The number of benzene rings is 1. The van der Waals surface area contributed by atoms with E-state index >= 15 is 0 Å². The van der Waals surface area contributed by atoms with E-state index in [4.69, 9.17) is 5.73 Å². The molecule has 1 aliphatic carbocycles. The van der Waals surface area contributed by atoms with Gasteiger partial charge in [-0.1, -0.05) is 30.3 Å². The summed E-state index contributed by atoms with van der Waals surface area (Å²) in [7, 11) is 0. The van der Waals surface area contributed by atoms with Gasteiger partial charge in [-0.15, -0.1) is 0 Å². The van der Waals surface area contributed by atoms with Crippen molar-refractivity contribution < 1.29 is 0 Å². The van der Waals surface area contributed by atoms with E-state index < -0.39 is 0 Å². The maximum absolute atomic E-state index is 5.98. The lowest BCUT2D eigenvalue weighted by atomic mass is 9.96. The van der Waals surface area contributed by atoms with Crippen LogP contribution in [0.25, 0.3) is 0 Å². The van der Waals surface area contributed by atoms with Gasteiger partial charge in [0.25, 0.3) is 0 Å². The summed E-state index contributed by atoms with van der Waals surface area (Å²) in [5, 5.41) is 0. The van der Waals surface area contributed by atoms with Crippen molar-refractivity contribution in [3.05, 3.63) is 35.9 Å². The molecule has 2 heteroatoms. The summed E-state index contributed by atoms with van der Waals surface area (Å²) >= 11 is 0. The number of rotatable bonds is 3. The van der Waals surface area contributed by atoms with Gasteiger partial charge < -0.3 is 5.73 Å². The fraction of sp³-hybridized carbons (Fsp3) is 0.600. The Labute approximate surface area is 104 Å². The standard InChI is InChI=1S/C15H22N2/c1-11(12-5-3-2-4-6-12)17-14-8-7-13(9-14)15(17)10-16/h2-6,11,13-15H,7-10,16H2,1H3/t11-,13+,14-,15+/m0/s1. The Kier molecular flexibility index (Phi) is 2.93. The second-order valence-electron chi connectivity index (χ2n) is 5.56. The predicted octanol–water partition coefficient (Wildman–Crippen LogP) is 2.56. The van der Waals surface area contributed by atoms with E-state index in [1.165, 1.54) is 24.8 Å². The van der Waals surface area contributed by atoms with Gasteiger partial charge >= 0.3 is 0 Å². The summed E-state index contributed by atoms with van der Waals surface area (Å²) < 4.78 is 0. The van der Waals surface area contributed by atoms with Crippen LogP contribution >= 0.6 is 0 Å². The van der Waals surface area contributed by atoms with E-state index in [-0.39, 0.29) is 0 Å². The molecule has 0 spiro atoms. The molecule has 0 amide bonds. The maximum Gasteiger partial charge on any atom is 0.0326 e. The third-order valence-electron chi connectivity index (χ3n) is 4.76. The van der Waals surface area contributed by atoms with Crippen LogP contribution in [0.4, 0.5) is 0 Å². The summed E-state index contributed by atoms with van der Waals surface area (Å²) in [5.41, 5.74) is 7.41. The van der Waals surface area contributed by atoms with Crippen molar-refractivity contribution >= 4 is 0 Å². The lowest BCUT2D eigenvalue weighted by molar-refractivity contribution is 0.0984. The summed E-state index contributed by atoms with van der Waals surface area (Å²) in [4.78, 5) is 2.68. The Bertz CT molecular complexity index is 376. The largest absolute Gasteiger partial charge is 0.329 e.